The van der Waals surface area contributed by atoms with Crippen LogP contribution >= 0.6 is 0 Å². The van der Waals surface area contributed by atoms with E-state index in [1.54, 1.807) is 0 Å². The van der Waals surface area contributed by atoms with E-state index in [2.05, 4.69) is 5.32 Å². The summed E-state index contributed by atoms with van der Waals surface area (Å²) in [5, 5.41) is 28.3. The molecule has 0 radical (unpaired) electrons. The molecular weight excluding hydrogens is 150 g/mol. The van der Waals surface area contributed by atoms with E-state index >= 15 is 0 Å². The van der Waals surface area contributed by atoms with Gasteiger partial charge in [0.15, 0.2) is 0 Å². The first kappa shape index (κ1) is 10.3. The summed E-state index contributed by atoms with van der Waals surface area (Å²) in [6.07, 6.45) is -1.11. The van der Waals surface area contributed by atoms with E-state index in [-0.39, 0.29) is 12.5 Å². The van der Waals surface area contributed by atoms with Gasteiger partial charge in [-0.2, -0.15) is 0 Å². The van der Waals surface area contributed by atoms with Gasteiger partial charge in [-0.15, -0.1) is 0 Å². The average molecular weight is 163 g/mol. The van der Waals surface area contributed by atoms with Crippen molar-refractivity contribution in [2.24, 2.45) is 0 Å². The molecule has 2 atom stereocenters. The van der Waals surface area contributed by atoms with Crippen LogP contribution in [0.15, 0.2) is 0 Å². The molecule has 0 rings (SSSR count). The van der Waals surface area contributed by atoms with Crippen LogP contribution in [0.25, 0.3) is 0 Å². The molecule has 0 heterocycles. The van der Waals surface area contributed by atoms with Gasteiger partial charge in [0.2, 0.25) is 5.91 Å². The number of carbonyl (C=O) groups excluding carboxylic acids is 1. The molecule has 0 unspecified atom stereocenters. The van der Waals surface area contributed by atoms with Crippen molar-refractivity contribution in [2.45, 2.75) is 19.1 Å². The van der Waals surface area contributed by atoms with Crippen LogP contribution in [-0.4, -0.2) is 46.6 Å². The van der Waals surface area contributed by atoms with E-state index in [1.165, 1.54) is 6.92 Å². The largest absolute Gasteiger partial charge is 0.394 e. The second-order valence-electron chi connectivity index (χ2n) is 2.24. The Hall–Kier alpha value is -0.650. The van der Waals surface area contributed by atoms with Gasteiger partial charge >= 0.3 is 0 Å². The molecule has 5 nitrogen and oxygen atoms in total. The predicted molar refractivity (Wildman–Crippen MR) is 37.8 cm³/mol. The summed E-state index contributed by atoms with van der Waals surface area (Å²) in [6.45, 7) is 0.402. The Bertz CT molecular complexity index is 128. The lowest BCUT2D eigenvalue weighted by Gasteiger charge is -2.19. The molecule has 1 amide bonds. The second kappa shape index (κ2) is 5.06. The molecule has 0 aromatic heterocycles. The van der Waals surface area contributed by atoms with Gasteiger partial charge in [-0.1, -0.05) is 0 Å². The molecule has 0 fully saturated rings. The summed E-state index contributed by atoms with van der Waals surface area (Å²) in [5.41, 5.74) is 0. The van der Waals surface area contributed by atoms with Crippen LogP contribution in [-0.2, 0) is 4.79 Å². The topological polar surface area (TPSA) is 89.8 Å². The molecule has 4 N–H and O–H groups in total. The number of hydrogen-bond donors (Lipinski definition) is 4. The Morgan fingerprint density at radius 3 is 2.27 bits per heavy atom. The molecule has 0 aliphatic heterocycles. The lowest BCUT2D eigenvalue weighted by molar-refractivity contribution is -0.121. The van der Waals surface area contributed by atoms with Crippen molar-refractivity contribution in [3.8, 4) is 0 Å². The molecule has 0 aromatic carbocycles. The quantitative estimate of drug-likeness (QED) is 0.380. The van der Waals surface area contributed by atoms with Crippen LogP contribution in [0, 0.1) is 0 Å². The molecule has 0 spiro atoms. The van der Waals surface area contributed by atoms with Crippen LogP contribution in [0.3, 0.4) is 0 Å². The van der Waals surface area contributed by atoms with Crippen molar-refractivity contribution in [3.05, 3.63) is 0 Å². The SMILES string of the molecule is CC(=O)N[C@@H](CO)[C@@H](O)CO. The first-order chi connectivity index (χ1) is 5.11. The summed E-state index contributed by atoms with van der Waals surface area (Å²) < 4.78 is 0. The highest BCUT2D eigenvalue weighted by atomic mass is 16.3. The summed E-state index contributed by atoms with van der Waals surface area (Å²) in [4.78, 5) is 10.4. The molecule has 5 heteroatoms. The van der Waals surface area contributed by atoms with Crippen LogP contribution in [0.2, 0.25) is 0 Å². The maximum absolute atomic E-state index is 10.4. The van der Waals surface area contributed by atoms with Gasteiger partial charge in [-0.05, 0) is 0 Å². The van der Waals surface area contributed by atoms with E-state index in [1.807, 2.05) is 0 Å². The number of aliphatic hydroxyl groups is 3. The number of nitrogens with one attached hydrogen (secondary N) is 1. The number of aliphatic hydroxyl groups excluding tert-OH is 3. The smallest absolute Gasteiger partial charge is 0.217 e. The van der Waals surface area contributed by atoms with Crippen molar-refractivity contribution in [1.29, 1.82) is 0 Å². The third kappa shape index (κ3) is 3.92. The zero-order valence-electron chi connectivity index (χ0n) is 6.32. The molecule has 0 bridgehead atoms. The standard InChI is InChI=1S/C6H13NO4/c1-4(10)7-5(2-8)6(11)3-9/h5-6,8-9,11H,2-3H2,1H3,(H,7,10)/t5-,6-/m0/s1. The number of rotatable bonds is 4. The van der Waals surface area contributed by atoms with Gasteiger partial charge in [-0.3, -0.25) is 4.79 Å². The molecule has 0 aromatic rings. The minimum atomic E-state index is -1.11. The highest BCUT2D eigenvalue weighted by molar-refractivity contribution is 5.73. The Morgan fingerprint density at radius 1 is 1.45 bits per heavy atom. The first-order valence-electron chi connectivity index (χ1n) is 3.28. The third-order valence-corrected chi connectivity index (χ3v) is 1.24. The normalized spacial score (nSPS) is 15.6. The van der Waals surface area contributed by atoms with Gasteiger partial charge in [-0.25, -0.2) is 0 Å². The van der Waals surface area contributed by atoms with Gasteiger partial charge in [0.05, 0.1) is 25.4 Å². The summed E-state index contributed by atoms with van der Waals surface area (Å²) in [7, 11) is 0. The van der Waals surface area contributed by atoms with Crippen LogP contribution in [0.4, 0.5) is 0 Å². The Labute approximate surface area is 64.7 Å². The van der Waals surface area contributed by atoms with Gasteiger partial charge in [0.1, 0.15) is 0 Å². The highest BCUT2D eigenvalue weighted by Crippen LogP contribution is 1.90. The van der Waals surface area contributed by atoms with E-state index in [0.29, 0.717) is 0 Å². The lowest BCUT2D eigenvalue weighted by Crippen LogP contribution is -2.46. The summed E-state index contributed by atoms with van der Waals surface area (Å²) in [6, 6.07) is -0.780. The number of hydrogen-bond acceptors (Lipinski definition) is 4. The zero-order valence-corrected chi connectivity index (χ0v) is 6.32. The van der Waals surface area contributed by atoms with Gasteiger partial charge < -0.3 is 20.6 Å². The minimum Gasteiger partial charge on any atom is -0.394 e. The zero-order chi connectivity index (χ0) is 8.85. The molecule has 0 aliphatic carbocycles. The van der Waals surface area contributed by atoms with Crippen molar-refractivity contribution >= 4 is 5.91 Å². The van der Waals surface area contributed by atoms with Crippen LogP contribution < -0.4 is 5.32 Å². The monoisotopic (exact) mass is 163 g/mol. The van der Waals surface area contributed by atoms with E-state index < -0.39 is 18.8 Å². The van der Waals surface area contributed by atoms with E-state index in [4.69, 9.17) is 15.3 Å². The Balaban J connectivity index is 3.84. The van der Waals surface area contributed by atoms with E-state index in [9.17, 15) is 4.79 Å². The molecule has 66 valence electrons. The van der Waals surface area contributed by atoms with Crippen molar-refractivity contribution in [1.82, 2.24) is 5.32 Å². The predicted octanol–water partition coefficient (Wildman–Crippen LogP) is -2.16. The summed E-state index contributed by atoms with van der Waals surface area (Å²) >= 11 is 0. The van der Waals surface area contributed by atoms with Gasteiger partial charge in [0.25, 0.3) is 0 Å². The fraction of sp³-hybridized carbons (Fsp3) is 0.833. The Kier molecular flexibility index (Phi) is 4.76. The number of amides is 1. The van der Waals surface area contributed by atoms with Crippen molar-refractivity contribution < 1.29 is 20.1 Å². The molecular formula is C6H13NO4. The average Bonchev–Trinajstić information content (AvgIpc) is 1.98. The lowest BCUT2D eigenvalue weighted by atomic mass is 10.2. The maximum atomic E-state index is 10.4. The van der Waals surface area contributed by atoms with Crippen molar-refractivity contribution in [3.63, 3.8) is 0 Å². The fourth-order valence-corrected chi connectivity index (χ4v) is 0.652. The van der Waals surface area contributed by atoms with Gasteiger partial charge in [0, 0.05) is 6.92 Å². The molecule has 0 aliphatic rings. The molecule has 0 saturated carbocycles. The first-order valence-corrected chi connectivity index (χ1v) is 3.28. The second-order valence-corrected chi connectivity index (χ2v) is 2.24. The third-order valence-electron chi connectivity index (χ3n) is 1.24. The number of carbonyl (C=O) groups is 1. The van der Waals surface area contributed by atoms with Crippen LogP contribution in [0.1, 0.15) is 6.92 Å². The maximum Gasteiger partial charge on any atom is 0.217 e. The van der Waals surface area contributed by atoms with Crippen LogP contribution in [0.5, 0.6) is 0 Å². The summed E-state index contributed by atoms with van der Waals surface area (Å²) in [5.74, 6) is -0.350. The Morgan fingerprint density at radius 2 is 2.00 bits per heavy atom. The minimum absolute atomic E-state index is 0.350. The molecule has 11 heavy (non-hydrogen) atoms. The molecule has 0 saturated heterocycles. The van der Waals surface area contributed by atoms with Crippen molar-refractivity contribution in [2.75, 3.05) is 13.2 Å². The van der Waals surface area contributed by atoms with E-state index in [0.717, 1.165) is 0 Å². The highest BCUT2D eigenvalue weighted by Gasteiger charge is 2.17. The fourth-order valence-electron chi connectivity index (χ4n) is 0.652.